The van der Waals surface area contributed by atoms with Gasteiger partial charge in [-0.15, -0.1) is 0 Å². The number of amides is 1. The summed E-state index contributed by atoms with van der Waals surface area (Å²) in [5, 5.41) is 10.7. The average molecular weight is 285 g/mol. The molecule has 19 heavy (non-hydrogen) atoms. The summed E-state index contributed by atoms with van der Waals surface area (Å²) >= 11 is 5.95. The summed E-state index contributed by atoms with van der Waals surface area (Å²) < 4.78 is 0. The van der Waals surface area contributed by atoms with Crippen molar-refractivity contribution in [2.45, 2.75) is 32.7 Å². The molecule has 0 aliphatic rings. The van der Waals surface area contributed by atoms with Crippen LogP contribution in [-0.2, 0) is 0 Å². The molecule has 1 aromatic carbocycles. The maximum absolute atomic E-state index is 12.4. The fourth-order valence-corrected chi connectivity index (χ4v) is 1.79. The molecule has 1 rings (SSSR count). The number of hydrogen-bond acceptors (Lipinski definition) is 3. The van der Waals surface area contributed by atoms with Crippen LogP contribution in [0.4, 0.5) is 5.69 Å². The van der Waals surface area contributed by atoms with Crippen molar-refractivity contribution < 1.29 is 9.72 Å². The zero-order chi connectivity index (χ0) is 14.8. The molecule has 1 aromatic rings. The standard InChI is InChI=1S/C13H17ClN2O3/c1-5-13(2,3)15(4)12(17)9-7-6-8-10(11(9)14)16(18)19/h6-8H,5H2,1-4H3. The molecule has 104 valence electrons. The molecule has 5 nitrogen and oxygen atoms in total. The normalized spacial score (nSPS) is 11.2. The number of carbonyl (C=O) groups excluding carboxylic acids is 1. The van der Waals surface area contributed by atoms with Gasteiger partial charge in [-0.05, 0) is 26.3 Å². The highest BCUT2D eigenvalue weighted by Crippen LogP contribution is 2.30. The summed E-state index contributed by atoms with van der Waals surface area (Å²) in [6.07, 6.45) is 0.766. The number of nitro benzene ring substituents is 1. The number of nitrogens with zero attached hydrogens (tertiary/aromatic N) is 2. The van der Waals surface area contributed by atoms with Gasteiger partial charge in [0.2, 0.25) is 0 Å². The lowest BCUT2D eigenvalue weighted by atomic mass is 9.99. The lowest BCUT2D eigenvalue weighted by Crippen LogP contribution is -2.44. The number of nitro groups is 1. The molecule has 6 heteroatoms. The van der Waals surface area contributed by atoms with E-state index < -0.39 is 4.92 Å². The largest absolute Gasteiger partial charge is 0.337 e. The third-order valence-electron chi connectivity index (χ3n) is 3.48. The molecule has 0 unspecified atom stereocenters. The third-order valence-corrected chi connectivity index (χ3v) is 3.88. The Bertz CT molecular complexity index is 515. The van der Waals surface area contributed by atoms with Gasteiger partial charge in [-0.25, -0.2) is 0 Å². The van der Waals surface area contributed by atoms with Gasteiger partial charge in [0.15, 0.2) is 0 Å². The van der Waals surface area contributed by atoms with Crippen LogP contribution in [0.3, 0.4) is 0 Å². The van der Waals surface area contributed by atoms with E-state index in [1.54, 1.807) is 11.9 Å². The molecule has 0 saturated heterocycles. The Morgan fingerprint density at radius 1 is 1.47 bits per heavy atom. The summed E-state index contributed by atoms with van der Waals surface area (Å²) in [5.74, 6) is -0.319. The molecule has 0 fully saturated rings. The van der Waals surface area contributed by atoms with E-state index >= 15 is 0 Å². The van der Waals surface area contributed by atoms with Crippen LogP contribution in [0.15, 0.2) is 18.2 Å². The fourth-order valence-electron chi connectivity index (χ4n) is 1.52. The van der Waals surface area contributed by atoms with E-state index in [1.165, 1.54) is 18.2 Å². The van der Waals surface area contributed by atoms with Crippen molar-refractivity contribution in [1.29, 1.82) is 0 Å². The molecule has 0 N–H and O–H groups in total. The third kappa shape index (κ3) is 3.04. The summed E-state index contributed by atoms with van der Waals surface area (Å²) in [7, 11) is 1.67. The van der Waals surface area contributed by atoms with Gasteiger partial charge in [0.25, 0.3) is 11.6 Å². The SMILES string of the molecule is CCC(C)(C)N(C)C(=O)c1cccc([N+](=O)[O-])c1Cl. The first kappa shape index (κ1) is 15.4. The summed E-state index contributed by atoms with van der Waals surface area (Å²) in [6.45, 7) is 5.82. The number of rotatable bonds is 4. The van der Waals surface area contributed by atoms with Crippen molar-refractivity contribution in [3.8, 4) is 0 Å². The first-order valence-electron chi connectivity index (χ1n) is 5.93. The van der Waals surface area contributed by atoms with Crippen molar-refractivity contribution in [3.05, 3.63) is 38.9 Å². The van der Waals surface area contributed by atoms with Crippen LogP contribution < -0.4 is 0 Å². The molecule has 1 amide bonds. The number of halogens is 1. The van der Waals surface area contributed by atoms with Gasteiger partial charge in [-0.3, -0.25) is 14.9 Å². The molecular formula is C13H17ClN2O3. The Balaban J connectivity index is 3.21. The molecule has 0 aromatic heterocycles. The van der Waals surface area contributed by atoms with Crippen LogP contribution in [-0.4, -0.2) is 28.3 Å². The van der Waals surface area contributed by atoms with Crippen molar-refractivity contribution in [3.63, 3.8) is 0 Å². The lowest BCUT2D eigenvalue weighted by Gasteiger charge is -2.35. The van der Waals surface area contributed by atoms with Gasteiger partial charge in [0.05, 0.1) is 10.5 Å². The minimum Gasteiger partial charge on any atom is -0.337 e. The van der Waals surface area contributed by atoms with Gasteiger partial charge >= 0.3 is 0 Å². The molecule has 0 spiro atoms. The zero-order valence-electron chi connectivity index (χ0n) is 11.4. The molecule has 0 atom stereocenters. The highest BCUT2D eigenvalue weighted by molar-refractivity contribution is 6.35. The van der Waals surface area contributed by atoms with E-state index in [9.17, 15) is 14.9 Å². The molecule has 0 radical (unpaired) electrons. The second-order valence-electron chi connectivity index (χ2n) is 4.93. The minimum absolute atomic E-state index is 0.115. The average Bonchev–Trinajstić information content (AvgIpc) is 2.36. The second kappa shape index (κ2) is 5.57. The zero-order valence-corrected chi connectivity index (χ0v) is 12.2. The molecule has 0 bridgehead atoms. The van der Waals surface area contributed by atoms with Gasteiger partial charge < -0.3 is 4.90 Å². The van der Waals surface area contributed by atoms with Crippen molar-refractivity contribution in [1.82, 2.24) is 4.90 Å². The topological polar surface area (TPSA) is 63.5 Å². The van der Waals surface area contributed by atoms with Crippen molar-refractivity contribution in [2.24, 2.45) is 0 Å². The van der Waals surface area contributed by atoms with Crippen LogP contribution in [0.25, 0.3) is 0 Å². The number of hydrogen-bond donors (Lipinski definition) is 0. The summed E-state index contributed by atoms with van der Waals surface area (Å²) in [6, 6.07) is 4.24. The predicted molar refractivity (Wildman–Crippen MR) is 74.6 cm³/mol. The molecular weight excluding hydrogens is 268 g/mol. The Morgan fingerprint density at radius 2 is 2.05 bits per heavy atom. The van der Waals surface area contributed by atoms with Gasteiger partial charge in [0.1, 0.15) is 5.02 Å². The Hall–Kier alpha value is -1.62. The van der Waals surface area contributed by atoms with E-state index in [1.807, 2.05) is 20.8 Å². The molecule has 0 aliphatic heterocycles. The van der Waals surface area contributed by atoms with Crippen LogP contribution in [0.5, 0.6) is 0 Å². The van der Waals surface area contributed by atoms with E-state index in [4.69, 9.17) is 11.6 Å². The van der Waals surface area contributed by atoms with E-state index in [0.29, 0.717) is 0 Å². The second-order valence-corrected chi connectivity index (χ2v) is 5.30. The maximum Gasteiger partial charge on any atom is 0.288 e. The Kier molecular flexibility index (Phi) is 4.52. The highest BCUT2D eigenvalue weighted by Gasteiger charge is 2.29. The van der Waals surface area contributed by atoms with E-state index in [0.717, 1.165) is 6.42 Å². The van der Waals surface area contributed by atoms with Gasteiger partial charge in [0, 0.05) is 18.7 Å². The minimum atomic E-state index is -0.593. The maximum atomic E-state index is 12.4. The van der Waals surface area contributed by atoms with Crippen LogP contribution in [0.1, 0.15) is 37.6 Å². The fraction of sp³-hybridized carbons (Fsp3) is 0.462. The number of carbonyl (C=O) groups is 1. The Labute approximate surface area is 117 Å². The monoisotopic (exact) mass is 284 g/mol. The predicted octanol–water partition coefficient (Wildman–Crippen LogP) is 3.51. The first-order chi connectivity index (χ1) is 8.72. The van der Waals surface area contributed by atoms with Crippen LogP contribution in [0.2, 0.25) is 5.02 Å². The molecule has 0 saturated carbocycles. The van der Waals surface area contributed by atoms with E-state index in [-0.39, 0.29) is 27.7 Å². The summed E-state index contributed by atoms with van der Waals surface area (Å²) in [4.78, 5) is 24.1. The van der Waals surface area contributed by atoms with Gasteiger partial charge in [-0.2, -0.15) is 0 Å². The van der Waals surface area contributed by atoms with Crippen LogP contribution in [0, 0.1) is 10.1 Å². The quantitative estimate of drug-likeness (QED) is 0.628. The summed E-state index contributed by atoms with van der Waals surface area (Å²) in [5.41, 5.74) is -0.444. The van der Waals surface area contributed by atoms with Crippen molar-refractivity contribution >= 4 is 23.2 Å². The van der Waals surface area contributed by atoms with Crippen molar-refractivity contribution in [2.75, 3.05) is 7.05 Å². The molecule has 0 aliphatic carbocycles. The van der Waals surface area contributed by atoms with Crippen LogP contribution >= 0.6 is 11.6 Å². The van der Waals surface area contributed by atoms with Gasteiger partial charge in [-0.1, -0.05) is 24.6 Å². The lowest BCUT2D eigenvalue weighted by molar-refractivity contribution is -0.384. The first-order valence-corrected chi connectivity index (χ1v) is 6.31. The smallest absolute Gasteiger partial charge is 0.288 e. The highest BCUT2D eigenvalue weighted by atomic mass is 35.5. The number of benzene rings is 1. The molecule has 0 heterocycles. The van der Waals surface area contributed by atoms with E-state index in [2.05, 4.69) is 0 Å². The Morgan fingerprint density at radius 3 is 2.53 bits per heavy atom.